The van der Waals surface area contributed by atoms with Gasteiger partial charge in [-0.2, -0.15) is 0 Å². The third-order valence-electron chi connectivity index (χ3n) is 2.74. The first-order chi connectivity index (χ1) is 7.83. The van der Waals surface area contributed by atoms with Crippen LogP contribution in [-0.2, 0) is 11.3 Å². The van der Waals surface area contributed by atoms with Crippen molar-refractivity contribution in [1.82, 2.24) is 4.57 Å². The molecule has 2 aromatic rings. The monoisotopic (exact) mass is 237 g/mol. The molecule has 1 heterocycles. The van der Waals surface area contributed by atoms with Crippen LogP contribution in [0.4, 0.5) is 0 Å². The number of hydrogen-bond acceptors (Lipinski definition) is 1. The molecule has 0 saturated carbocycles. The Morgan fingerprint density at radius 1 is 1.25 bits per heavy atom. The lowest BCUT2D eigenvalue weighted by atomic mass is 10.2. The second kappa shape index (κ2) is 5.37. The molecule has 0 aliphatic heterocycles. The summed E-state index contributed by atoms with van der Waals surface area (Å²) in [5, 5.41) is 2.04. The van der Waals surface area contributed by atoms with Gasteiger partial charge >= 0.3 is 0 Å². The van der Waals surface area contributed by atoms with Crippen molar-refractivity contribution in [3.8, 4) is 0 Å². The summed E-state index contributed by atoms with van der Waals surface area (Å²) in [6.07, 6.45) is 4.30. The number of hydrogen-bond donors (Lipinski definition) is 0. The molecule has 0 N–H and O–H groups in total. The summed E-state index contributed by atoms with van der Waals surface area (Å²) in [4.78, 5) is 0. The zero-order valence-electron chi connectivity index (χ0n) is 9.45. The van der Waals surface area contributed by atoms with Gasteiger partial charge in [-0.1, -0.05) is 23.7 Å². The summed E-state index contributed by atoms with van der Waals surface area (Å²) < 4.78 is 7.25. The van der Waals surface area contributed by atoms with Gasteiger partial charge in [0.2, 0.25) is 0 Å². The number of halogens is 1. The molecule has 0 atom stereocenters. The fourth-order valence-corrected chi connectivity index (χ4v) is 2.22. The summed E-state index contributed by atoms with van der Waals surface area (Å²) in [6.45, 7) is 1.82. The average molecular weight is 238 g/mol. The summed E-state index contributed by atoms with van der Waals surface area (Å²) in [7, 11) is 1.74. The lowest BCUT2D eigenvalue weighted by molar-refractivity contribution is 0.191. The molecule has 0 radical (unpaired) electrons. The number of ether oxygens (including phenoxy) is 1. The van der Waals surface area contributed by atoms with Gasteiger partial charge in [-0.05, 0) is 25.0 Å². The highest BCUT2D eigenvalue weighted by atomic mass is 35.5. The SMILES string of the molecule is COCCCCn1ccc2cccc(Cl)c21. The zero-order chi connectivity index (χ0) is 11.4. The Bertz CT molecular complexity index is 464. The highest BCUT2D eigenvalue weighted by Crippen LogP contribution is 2.24. The van der Waals surface area contributed by atoms with Crippen LogP contribution in [0.2, 0.25) is 5.02 Å². The third kappa shape index (κ3) is 2.39. The largest absolute Gasteiger partial charge is 0.385 e. The van der Waals surface area contributed by atoms with Gasteiger partial charge in [0.1, 0.15) is 0 Å². The van der Waals surface area contributed by atoms with Gasteiger partial charge < -0.3 is 9.30 Å². The van der Waals surface area contributed by atoms with Crippen LogP contribution < -0.4 is 0 Å². The number of fused-ring (bicyclic) bond motifs is 1. The summed E-state index contributed by atoms with van der Waals surface area (Å²) in [5.74, 6) is 0. The normalized spacial score (nSPS) is 11.1. The molecule has 1 aromatic carbocycles. The maximum Gasteiger partial charge on any atom is 0.0669 e. The number of aromatic nitrogens is 1. The second-order valence-corrected chi connectivity index (χ2v) is 4.29. The number of para-hydroxylation sites is 1. The van der Waals surface area contributed by atoms with Crippen LogP contribution in [0.15, 0.2) is 30.5 Å². The molecular formula is C13H16ClNO. The number of methoxy groups -OCH3 is 1. The van der Waals surface area contributed by atoms with E-state index in [-0.39, 0.29) is 0 Å². The number of aryl methyl sites for hydroxylation is 1. The Morgan fingerprint density at radius 3 is 2.94 bits per heavy atom. The molecule has 3 heteroatoms. The van der Waals surface area contributed by atoms with Crippen molar-refractivity contribution in [1.29, 1.82) is 0 Å². The Hall–Kier alpha value is -0.990. The maximum absolute atomic E-state index is 6.20. The van der Waals surface area contributed by atoms with E-state index in [2.05, 4.69) is 22.9 Å². The third-order valence-corrected chi connectivity index (χ3v) is 3.04. The van der Waals surface area contributed by atoms with E-state index in [1.54, 1.807) is 7.11 Å². The van der Waals surface area contributed by atoms with Crippen LogP contribution >= 0.6 is 11.6 Å². The zero-order valence-corrected chi connectivity index (χ0v) is 10.2. The average Bonchev–Trinajstić information content (AvgIpc) is 2.69. The molecular weight excluding hydrogens is 222 g/mol. The van der Waals surface area contributed by atoms with Crippen LogP contribution in [0.25, 0.3) is 10.9 Å². The predicted octanol–water partition coefficient (Wildman–Crippen LogP) is 3.72. The summed E-state index contributed by atoms with van der Waals surface area (Å²) in [6, 6.07) is 8.12. The molecule has 0 aliphatic rings. The van der Waals surface area contributed by atoms with Crippen molar-refractivity contribution in [3.63, 3.8) is 0 Å². The van der Waals surface area contributed by atoms with Crippen LogP contribution in [-0.4, -0.2) is 18.3 Å². The first kappa shape index (κ1) is 11.5. The Balaban J connectivity index is 2.12. The van der Waals surface area contributed by atoms with Crippen molar-refractivity contribution in [2.75, 3.05) is 13.7 Å². The quantitative estimate of drug-likeness (QED) is 0.723. The lowest BCUT2D eigenvalue weighted by Gasteiger charge is -2.06. The molecule has 86 valence electrons. The minimum Gasteiger partial charge on any atom is -0.385 e. The molecule has 0 amide bonds. The van der Waals surface area contributed by atoms with Gasteiger partial charge in [0.05, 0.1) is 10.5 Å². The van der Waals surface area contributed by atoms with E-state index in [0.717, 1.165) is 36.5 Å². The Labute approximate surface area is 101 Å². The highest BCUT2D eigenvalue weighted by molar-refractivity contribution is 6.35. The fraction of sp³-hybridized carbons (Fsp3) is 0.385. The van der Waals surface area contributed by atoms with Crippen LogP contribution in [0.1, 0.15) is 12.8 Å². The molecule has 0 spiro atoms. The lowest BCUT2D eigenvalue weighted by Crippen LogP contribution is -1.98. The molecule has 0 bridgehead atoms. The smallest absolute Gasteiger partial charge is 0.0669 e. The standard InChI is InChI=1S/C13H16ClNO/c1-16-10-3-2-8-15-9-7-11-5-4-6-12(14)13(11)15/h4-7,9H,2-3,8,10H2,1H3. The van der Waals surface area contributed by atoms with E-state index >= 15 is 0 Å². The van der Waals surface area contributed by atoms with E-state index in [1.807, 2.05) is 12.1 Å². The number of benzene rings is 1. The summed E-state index contributed by atoms with van der Waals surface area (Å²) in [5.41, 5.74) is 1.14. The molecule has 0 unspecified atom stereocenters. The van der Waals surface area contributed by atoms with Gasteiger partial charge in [-0.15, -0.1) is 0 Å². The molecule has 2 nitrogen and oxygen atoms in total. The van der Waals surface area contributed by atoms with E-state index in [0.29, 0.717) is 0 Å². The van der Waals surface area contributed by atoms with Crippen molar-refractivity contribution in [2.24, 2.45) is 0 Å². The molecule has 0 aliphatic carbocycles. The van der Waals surface area contributed by atoms with Crippen molar-refractivity contribution < 1.29 is 4.74 Å². The molecule has 0 saturated heterocycles. The minimum absolute atomic E-state index is 0.826. The number of nitrogens with zero attached hydrogens (tertiary/aromatic N) is 1. The van der Waals surface area contributed by atoms with Crippen LogP contribution in [0.3, 0.4) is 0 Å². The van der Waals surface area contributed by atoms with Crippen molar-refractivity contribution in [3.05, 3.63) is 35.5 Å². The van der Waals surface area contributed by atoms with Crippen LogP contribution in [0, 0.1) is 0 Å². The first-order valence-corrected chi connectivity index (χ1v) is 5.93. The Kier molecular flexibility index (Phi) is 3.86. The van der Waals surface area contributed by atoms with Crippen molar-refractivity contribution >= 4 is 22.5 Å². The first-order valence-electron chi connectivity index (χ1n) is 5.55. The second-order valence-electron chi connectivity index (χ2n) is 3.89. The fourth-order valence-electron chi connectivity index (χ4n) is 1.93. The predicted molar refractivity (Wildman–Crippen MR) is 68.1 cm³/mol. The van der Waals surface area contributed by atoms with Crippen molar-refractivity contribution in [2.45, 2.75) is 19.4 Å². The molecule has 0 fully saturated rings. The maximum atomic E-state index is 6.20. The van der Waals surface area contributed by atoms with Gasteiger partial charge in [0, 0.05) is 31.8 Å². The summed E-state index contributed by atoms with van der Waals surface area (Å²) >= 11 is 6.20. The molecule has 16 heavy (non-hydrogen) atoms. The molecule has 1 aromatic heterocycles. The number of rotatable bonds is 5. The van der Waals surface area contributed by atoms with Gasteiger partial charge in [-0.25, -0.2) is 0 Å². The van der Waals surface area contributed by atoms with E-state index in [4.69, 9.17) is 16.3 Å². The minimum atomic E-state index is 0.826. The Morgan fingerprint density at radius 2 is 2.12 bits per heavy atom. The van der Waals surface area contributed by atoms with E-state index in [9.17, 15) is 0 Å². The molecule has 2 rings (SSSR count). The highest BCUT2D eigenvalue weighted by Gasteiger charge is 2.04. The van der Waals surface area contributed by atoms with Gasteiger partial charge in [-0.3, -0.25) is 0 Å². The van der Waals surface area contributed by atoms with E-state index in [1.165, 1.54) is 5.39 Å². The van der Waals surface area contributed by atoms with Gasteiger partial charge in [0.15, 0.2) is 0 Å². The number of unbranched alkanes of at least 4 members (excludes halogenated alkanes) is 1. The van der Waals surface area contributed by atoms with Crippen LogP contribution in [0.5, 0.6) is 0 Å². The van der Waals surface area contributed by atoms with E-state index < -0.39 is 0 Å². The topological polar surface area (TPSA) is 14.2 Å². The van der Waals surface area contributed by atoms with Gasteiger partial charge in [0.25, 0.3) is 0 Å².